The normalized spacial score (nSPS) is 18.3. The Labute approximate surface area is 710 Å². The van der Waals surface area contributed by atoms with Crippen molar-refractivity contribution in [2.45, 2.75) is 103 Å². The van der Waals surface area contributed by atoms with Gasteiger partial charge in [0.2, 0.25) is 23.6 Å². The summed E-state index contributed by atoms with van der Waals surface area (Å²) >= 11 is 5.55. The zero-order chi connectivity index (χ0) is 88.5. The van der Waals surface area contributed by atoms with Gasteiger partial charge in [0, 0.05) is 98.2 Å². The molecule has 37 nitrogen and oxygen atoms in total. The van der Waals surface area contributed by atoms with Gasteiger partial charge in [-0.3, -0.25) is 91.9 Å². The summed E-state index contributed by atoms with van der Waals surface area (Å²) < 4.78 is 0. The molecule has 8 aromatic rings. The Morgan fingerprint density at radius 3 is 0.860 bits per heavy atom. The van der Waals surface area contributed by atoms with Crippen LogP contribution in [0.5, 0.6) is 0 Å². The van der Waals surface area contributed by atoms with Crippen LogP contribution in [0.15, 0.2) is 122 Å². The number of thiophene rings is 4. The van der Waals surface area contributed by atoms with Crippen LogP contribution < -0.4 is 70.8 Å². The van der Waals surface area contributed by atoms with Gasteiger partial charge in [-0.1, -0.05) is 27.7 Å². The van der Waals surface area contributed by atoms with Crippen molar-refractivity contribution >= 4 is 163 Å². The number of carboxylic acid groups (broad SMARTS) is 1. The van der Waals surface area contributed by atoms with E-state index < -0.39 is 70.9 Å². The number of aromatic nitrogens is 4. The number of carbonyl (C=O) groups excluding carboxylic acids is 15. The predicted octanol–water partition coefficient (Wildman–Crippen LogP) is 5.99. The van der Waals surface area contributed by atoms with E-state index in [-0.39, 0.29) is 105 Å². The van der Waals surface area contributed by atoms with E-state index in [0.717, 1.165) is 51.2 Å². The molecule has 12 rings (SSSR count). The number of hydrogen-bond acceptors (Lipinski definition) is 25. The van der Waals surface area contributed by atoms with Gasteiger partial charge in [-0.2, -0.15) is 0 Å². The molecule has 0 aromatic carbocycles. The molecule has 18 N–H and O–H groups in total. The topological polar surface area (TPSA) is 567 Å². The monoisotopic (exact) mass is 1730 g/mol. The average Bonchev–Trinajstić information content (AvgIpc) is 1.76. The van der Waals surface area contributed by atoms with Gasteiger partial charge < -0.3 is 90.6 Å². The molecule has 121 heavy (non-hydrogen) atoms. The number of pyridine rings is 4. The first-order valence-corrected chi connectivity index (χ1v) is 41.3. The highest BCUT2D eigenvalue weighted by molar-refractivity contribution is 7.15. The molecule has 4 saturated heterocycles. The van der Waals surface area contributed by atoms with Crippen LogP contribution in [-0.4, -0.2) is 189 Å². The number of rotatable bonds is 16. The second kappa shape index (κ2) is 44.1. The fraction of sp³-hybridized carbons (Fsp3) is 0.350. The summed E-state index contributed by atoms with van der Waals surface area (Å²) in [5.74, 6) is -9.11. The molecule has 0 radical (unpaired) electrons. The first kappa shape index (κ1) is 93.4. The van der Waals surface area contributed by atoms with Gasteiger partial charge in [0.1, 0.15) is 0 Å². The van der Waals surface area contributed by atoms with Gasteiger partial charge in [0.15, 0.2) is 0 Å². The van der Waals surface area contributed by atoms with Crippen molar-refractivity contribution < 1.29 is 81.8 Å². The number of amides is 15. The Morgan fingerprint density at radius 2 is 0.612 bits per heavy atom. The van der Waals surface area contributed by atoms with Crippen LogP contribution in [0.3, 0.4) is 0 Å². The highest BCUT2D eigenvalue weighted by Gasteiger charge is 2.39. The maximum atomic E-state index is 13.0. The predicted molar refractivity (Wildman–Crippen MR) is 452 cm³/mol. The molecule has 0 bridgehead atoms. The van der Waals surface area contributed by atoms with Crippen molar-refractivity contribution in [3.63, 3.8) is 0 Å². The number of aliphatic carboxylic acids is 1. The van der Waals surface area contributed by atoms with Crippen molar-refractivity contribution in [3.8, 4) is 0 Å². The van der Waals surface area contributed by atoms with Crippen molar-refractivity contribution in [2.24, 2.45) is 46.6 Å². The molecule has 15 amide bonds. The summed E-state index contributed by atoms with van der Waals surface area (Å²) in [5.41, 5.74) is 21.9. The lowest BCUT2D eigenvalue weighted by Crippen LogP contribution is -2.46. The number of nitrogens with two attached hydrogens (primary N) is 4. The summed E-state index contributed by atoms with van der Waals surface area (Å²) in [4.78, 5) is 216. The molecule has 4 aliphatic rings. The molecule has 640 valence electrons. The fourth-order valence-electron chi connectivity index (χ4n) is 13.1. The number of piperidine rings is 4. The molecule has 12 heterocycles. The molecular formula is C80H94N20O17S4. The maximum Gasteiger partial charge on any atom is 0.394 e. The Kier molecular flexibility index (Phi) is 34.0. The number of likely N-dealkylation sites (tertiary alicyclic amines) is 3. The minimum absolute atomic E-state index is 0.0143. The molecule has 4 aliphatic heterocycles. The lowest BCUT2D eigenvalue weighted by atomic mass is 9.93. The number of carbonyl (C=O) groups is 16. The number of nitrogens with zero attached hydrogens (tertiary/aromatic N) is 7. The summed E-state index contributed by atoms with van der Waals surface area (Å²) in [6, 6.07) is 19.6. The standard InChI is InChI=1S/3C20H23N5O4S.C12H18N2OS.C8H7N3O4/c3*1-11-3-4-14(15-5-6-16(30-15)18(27)22-2)25(10-11)20(29)19(28)24-13-7-12(17(21)26)8-23-9-13;1-8-3-4-9(14-7-8)10-5-6-11(16-10)12(15)13-2;9-6(12)4-1-5(3-10-2-4)11-7(13)8(14)15/h3*5-9,11,14H,3-4,10H2,1-2H3,(H2,21,26)(H,22,27)(H,24,28);5-6,8-9,14H,3-4,7H2,1-2H3,(H,13,15);1-3H,(H2,9,12)(H,11,13)(H,14,15)/t3*11-,14+;8-,9+;/m1101./s1. The van der Waals surface area contributed by atoms with E-state index in [0.29, 0.717) is 59.6 Å². The van der Waals surface area contributed by atoms with Crippen molar-refractivity contribution in [2.75, 3.05) is 75.6 Å². The van der Waals surface area contributed by atoms with Crippen LogP contribution in [0.1, 0.15) is 203 Å². The number of hydrogen-bond donors (Lipinski definition) is 14. The Morgan fingerprint density at radius 1 is 0.355 bits per heavy atom. The Balaban J connectivity index is 0.000000193. The van der Waals surface area contributed by atoms with E-state index >= 15 is 0 Å². The van der Waals surface area contributed by atoms with E-state index in [1.165, 1.54) is 126 Å². The van der Waals surface area contributed by atoms with Gasteiger partial charge in [0.25, 0.3) is 23.6 Å². The molecule has 0 spiro atoms. The molecular weight excluding hydrogens is 1640 g/mol. The smallest absolute Gasteiger partial charge is 0.394 e. The second-order valence-electron chi connectivity index (χ2n) is 28.7. The molecule has 0 saturated carbocycles. The van der Waals surface area contributed by atoms with Crippen LogP contribution in [0.25, 0.3) is 0 Å². The highest BCUT2D eigenvalue weighted by Crippen LogP contribution is 2.41. The molecule has 8 aromatic heterocycles. The first-order chi connectivity index (χ1) is 57.6. The van der Waals surface area contributed by atoms with Crippen LogP contribution in [-0.2, 0) is 38.4 Å². The SMILES string of the molecule is CNC(=O)c1ccc([C@@H]2CC[C@@H](C)CN2)s1.CNC(=O)c1ccc([C@@H]2CC[C@@H](C)CN2C(=O)C(=O)Nc2cncc(C(N)=O)c2)s1.CNC(=O)c1ccc([C@@H]2CC[C@@H](C)CN2C(=O)C(=O)Nc2cncc(C(N)=O)c2)s1.CNC(=O)c1ccc([C@H]2CC[C@H](C)CN2C(=O)C(=O)Nc2cncc(C(N)=O)c2)s1.NC(=O)c1cncc(NC(=O)C(=O)O)c1. The van der Waals surface area contributed by atoms with Gasteiger partial charge in [0.05, 0.1) is 107 Å². The summed E-state index contributed by atoms with van der Waals surface area (Å²) in [5, 5.41) is 31.7. The number of carboxylic acids is 1. The lowest BCUT2D eigenvalue weighted by molar-refractivity contribution is -0.147. The third kappa shape index (κ3) is 26.2. The zero-order valence-corrected chi connectivity index (χ0v) is 70.5. The van der Waals surface area contributed by atoms with E-state index in [1.54, 1.807) is 72.4 Å². The molecule has 4 fully saturated rings. The second-order valence-corrected chi connectivity index (χ2v) is 33.1. The Bertz CT molecular complexity index is 4800. The first-order valence-electron chi connectivity index (χ1n) is 38.0. The maximum absolute atomic E-state index is 13.0. The van der Waals surface area contributed by atoms with Gasteiger partial charge >= 0.3 is 47.3 Å². The minimum atomic E-state index is -1.63. The van der Waals surface area contributed by atoms with Crippen LogP contribution in [0.2, 0.25) is 0 Å². The van der Waals surface area contributed by atoms with Gasteiger partial charge in [-0.05, 0) is 154 Å². The number of anilines is 4. The lowest BCUT2D eigenvalue weighted by Gasteiger charge is -2.37. The summed E-state index contributed by atoms with van der Waals surface area (Å²) in [6.07, 6.45) is 17.5. The van der Waals surface area contributed by atoms with Gasteiger partial charge in [-0.25, -0.2) is 4.79 Å². The fourth-order valence-corrected chi connectivity index (χ4v) is 17.4. The minimum Gasteiger partial charge on any atom is -0.474 e. The van der Waals surface area contributed by atoms with E-state index in [4.69, 9.17) is 28.0 Å². The number of primary amides is 4. The van der Waals surface area contributed by atoms with E-state index in [9.17, 15) is 76.7 Å². The molecule has 8 atom stereocenters. The van der Waals surface area contributed by atoms with E-state index in [2.05, 4.69) is 75.5 Å². The molecule has 0 aliphatic carbocycles. The van der Waals surface area contributed by atoms with Crippen molar-refractivity contribution in [1.29, 1.82) is 0 Å². The largest absolute Gasteiger partial charge is 0.474 e. The zero-order valence-electron chi connectivity index (χ0n) is 67.2. The average molecular weight is 1740 g/mol. The molecule has 0 unspecified atom stereocenters. The van der Waals surface area contributed by atoms with Crippen molar-refractivity contribution in [3.05, 3.63) is 184 Å². The van der Waals surface area contributed by atoms with Crippen LogP contribution in [0.4, 0.5) is 22.7 Å². The van der Waals surface area contributed by atoms with Crippen LogP contribution in [0, 0.1) is 23.7 Å². The summed E-state index contributed by atoms with van der Waals surface area (Å²) in [7, 11) is 6.35. The third-order valence-electron chi connectivity index (χ3n) is 19.4. The summed E-state index contributed by atoms with van der Waals surface area (Å²) in [6.45, 7) is 10.7. The molecule has 41 heteroatoms. The third-order valence-corrected chi connectivity index (χ3v) is 24.2. The highest BCUT2D eigenvalue weighted by atomic mass is 32.1. The van der Waals surface area contributed by atoms with Crippen molar-refractivity contribution in [1.82, 2.24) is 61.2 Å². The van der Waals surface area contributed by atoms with Crippen LogP contribution >= 0.6 is 45.3 Å². The number of nitrogens with one attached hydrogen (secondary N) is 9. The quantitative estimate of drug-likeness (QED) is 0.0494. The van der Waals surface area contributed by atoms with Gasteiger partial charge in [-0.15, -0.1) is 45.3 Å². The Hall–Kier alpha value is -13.1. The van der Waals surface area contributed by atoms with E-state index in [1.807, 2.05) is 50.4 Å².